The molecular formula is C10H20B3F12N2-3. The second-order valence-corrected chi connectivity index (χ2v) is 5.76. The van der Waals surface area contributed by atoms with Crippen LogP contribution in [0.5, 0.6) is 0 Å². The van der Waals surface area contributed by atoms with Gasteiger partial charge >= 0.3 is 21.8 Å². The van der Waals surface area contributed by atoms with Crippen LogP contribution in [0.4, 0.5) is 51.8 Å². The third kappa shape index (κ3) is 33.3. The fourth-order valence-corrected chi connectivity index (χ4v) is 2.47. The molecule has 2 aliphatic rings. The van der Waals surface area contributed by atoms with Crippen LogP contribution in [0.3, 0.4) is 0 Å². The van der Waals surface area contributed by atoms with E-state index in [1.165, 1.54) is 51.9 Å². The predicted octanol–water partition coefficient (Wildman–Crippen LogP) is 5.08. The molecule has 0 bridgehead atoms. The Bertz CT molecular complexity index is 315. The van der Waals surface area contributed by atoms with E-state index in [0.717, 1.165) is 6.04 Å². The van der Waals surface area contributed by atoms with Gasteiger partial charge in [-0.1, -0.05) is 0 Å². The Balaban J connectivity index is 0. The average molecular weight is 429 g/mol. The molecule has 0 radical (unpaired) electrons. The number of rotatable bonds is 1. The summed E-state index contributed by atoms with van der Waals surface area (Å²) in [5.41, 5.74) is 0. The van der Waals surface area contributed by atoms with E-state index in [4.69, 9.17) is 0 Å². The lowest BCUT2D eigenvalue weighted by Crippen LogP contribution is -2.42. The molecule has 2 nitrogen and oxygen atoms in total. The molecule has 2 rings (SSSR count). The largest absolute Gasteiger partial charge is 0.673 e. The van der Waals surface area contributed by atoms with Crippen molar-refractivity contribution < 1.29 is 51.8 Å². The molecule has 0 unspecified atom stereocenters. The van der Waals surface area contributed by atoms with Crippen LogP contribution in [-0.2, 0) is 0 Å². The van der Waals surface area contributed by atoms with Crippen LogP contribution in [0, 0.1) is 0 Å². The summed E-state index contributed by atoms with van der Waals surface area (Å²) in [6, 6.07) is 0.920. The molecule has 0 atom stereocenters. The van der Waals surface area contributed by atoms with E-state index in [9.17, 15) is 51.8 Å². The SMILES string of the molecule is CN1CCC(N2CCCC2)CC1.F[B-](F)(F)F.F[B-](F)(F)F.F[B-](F)(F)F. The fourth-order valence-electron chi connectivity index (χ4n) is 2.47. The van der Waals surface area contributed by atoms with E-state index in [1.54, 1.807) is 0 Å². The molecule has 0 aromatic heterocycles. The van der Waals surface area contributed by atoms with E-state index in [0.29, 0.717) is 0 Å². The van der Waals surface area contributed by atoms with Crippen molar-refractivity contribution in [3.8, 4) is 0 Å². The smallest absolute Gasteiger partial charge is 0.418 e. The summed E-state index contributed by atoms with van der Waals surface area (Å²) in [5.74, 6) is 0. The summed E-state index contributed by atoms with van der Waals surface area (Å²) in [6.07, 6.45) is 5.67. The van der Waals surface area contributed by atoms with Gasteiger partial charge in [-0.15, -0.1) is 0 Å². The van der Waals surface area contributed by atoms with Gasteiger partial charge in [0.05, 0.1) is 0 Å². The van der Waals surface area contributed by atoms with E-state index in [1.807, 2.05) is 0 Å². The van der Waals surface area contributed by atoms with Gasteiger partial charge in [0.15, 0.2) is 0 Å². The summed E-state index contributed by atoms with van der Waals surface area (Å²) < 4.78 is 117. The Hall–Kier alpha value is -0.725. The molecule has 2 aliphatic heterocycles. The number of halogens is 12. The van der Waals surface area contributed by atoms with Crippen molar-refractivity contribution in [2.75, 3.05) is 33.2 Å². The standard InChI is InChI=1S/C10H20N2.3BF4/c1-11-8-4-10(5-9-11)12-6-2-3-7-12;3*2-1(3,4)5/h10H,2-9H2,1H3;;;/q;3*-1. The zero-order valence-corrected chi connectivity index (χ0v) is 14.4. The summed E-state index contributed by atoms with van der Waals surface area (Å²) in [4.78, 5) is 5.15. The maximum Gasteiger partial charge on any atom is 0.673 e. The van der Waals surface area contributed by atoms with E-state index >= 15 is 0 Å². The molecule has 0 N–H and O–H groups in total. The molecule has 0 aromatic rings. The highest BCUT2D eigenvalue weighted by Crippen LogP contribution is 2.20. The molecule has 2 saturated heterocycles. The van der Waals surface area contributed by atoms with E-state index in [2.05, 4.69) is 16.8 Å². The first kappa shape index (κ1) is 28.5. The molecule has 0 amide bonds. The van der Waals surface area contributed by atoms with Gasteiger partial charge in [-0.2, -0.15) is 0 Å². The zero-order valence-electron chi connectivity index (χ0n) is 14.4. The van der Waals surface area contributed by atoms with Crippen molar-refractivity contribution in [3.63, 3.8) is 0 Å². The van der Waals surface area contributed by atoms with Gasteiger partial charge < -0.3 is 61.6 Å². The minimum Gasteiger partial charge on any atom is -0.418 e. The van der Waals surface area contributed by atoms with Crippen molar-refractivity contribution in [2.24, 2.45) is 0 Å². The number of nitrogens with zero attached hydrogens (tertiary/aromatic N) is 2. The second-order valence-electron chi connectivity index (χ2n) is 5.76. The van der Waals surface area contributed by atoms with Crippen LogP contribution in [0.2, 0.25) is 0 Å². The Morgan fingerprint density at radius 2 is 0.815 bits per heavy atom. The zero-order chi connectivity index (χ0) is 21.9. The molecule has 0 saturated carbocycles. The lowest BCUT2D eigenvalue weighted by molar-refractivity contribution is 0.143. The lowest BCUT2D eigenvalue weighted by atomic mass is 10.0. The molecule has 27 heavy (non-hydrogen) atoms. The third-order valence-corrected chi connectivity index (χ3v) is 3.35. The highest BCUT2D eigenvalue weighted by atomic mass is 19.5. The van der Waals surface area contributed by atoms with Gasteiger partial charge in [0, 0.05) is 6.04 Å². The van der Waals surface area contributed by atoms with Crippen molar-refractivity contribution >= 4 is 21.8 Å². The Morgan fingerprint density at radius 3 is 1.07 bits per heavy atom. The van der Waals surface area contributed by atoms with Gasteiger partial charge in [-0.25, -0.2) is 0 Å². The van der Waals surface area contributed by atoms with Gasteiger partial charge in [-0.05, 0) is 58.9 Å². The topological polar surface area (TPSA) is 6.48 Å². The molecule has 0 aliphatic carbocycles. The van der Waals surface area contributed by atoms with Gasteiger partial charge in [0.2, 0.25) is 0 Å². The molecule has 2 heterocycles. The molecule has 166 valence electrons. The Morgan fingerprint density at radius 1 is 0.556 bits per heavy atom. The molecule has 2 fully saturated rings. The van der Waals surface area contributed by atoms with Gasteiger partial charge in [0.1, 0.15) is 0 Å². The summed E-state index contributed by atoms with van der Waals surface area (Å²) in [5, 5.41) is 0. The number of hydrogen-bond acceptors (Lipinski definition) is 2. The lowest BCUT2D eigenvalue weighted by Gasteiger charge is -2.34. The van der Waals surface area contributed by atoms with Crippen molar-refractivity contribution in [2.45, 2.75) is 31.7 Å². The quantitative estimate of drug-likeness (QED) is 0.425. The first-order chi connectivity index (χ1) is 11.9. The predicted molar refractivity (Wildman–Crippen MR) is 81.9 cm³/mol. The first-order valence-corrected chi connectivity index (χ1v) is 7.91. The number of likely N-dealkylation sites (tertiary alicyclic amines) is 2. The summed E-state index contributed by atoms with van der Waals surface area (Å²) >= 11 is 0. The van der Waals surface area contributed by atoms with Crippen LogP contribution in [0.1, 0.15) is 25.7 Å². The van der Waals surface area contributed by atoms with Crippen molar-refractivity contribution in [1.82, 2.24) is 9.80 Å². The molecule has 0 aromatic carbocycles. The maximum atomic E-state index is 9.75. The van der Waals surface area contributed by atoms with Gasteiger partial charge in [-0.3, -0.25) is 0 Å². The average Bonchev–Trinajstić information content (AvgIpc) is 2.87. The summed E-state index contributed by atoms with van der Waals surface area (Å²) in [7, 11) is -15.8. The van der Waals surface area contributed by atoms with Crippen molar-refractivity contribution in [3.05, 3.63) is 0 Å². The monoisotopic (exact) mass is 429 g/mol. The maximum absolute atomic E-state index is 9.75. The minimum absolute atomic E-state index is 0.920. The third-order valence-electron chi connectivity index (χ3n) is 3.35. The van der Waals surface area contributed by atoms with Crippen LogP contribution in [0.15, 0.2) is 0 Å². The summed E-state index contributed by atoms with van der Waals surface area (Å²) in [6.45, 7) is 5.35. The number of piperidine rings is 1. The highest BCUT2D eigenvalue weighted by Gasteiger charge is 2.24. The van der Waals surface area contributed by atoms with Crippen LogP contribution < -0.4 is 0 Å². The van der Waals surface area contributed by atoms with Crippen LogP contribution in [0.25, 0.3) is 0 Å². The fraction of sp³-hybridized carbons (Fsp3) is 1.00. The minimum atomic E-state index is -6.00. The molecule has 17 heteroatoms. The molecular weight excluding hydrogens is 409 g/mol. The van der Waals surface area contributed by atoms with Crippen LogP contribution in [-0.4, -0.2) is 70.8 Å². The Labute approximate surface area is 149 Å². The normalized spacial score (nSPS) is 19.9. The second kappa shape index (κ2) is 12.7. The van der Waals surface area contributed by atoms with Crippen molar-refractivity contribution in [1.29, 1.82) is 0 Å². The van der Waals surface area contributed by atoms with Gasteiger partial charge in [0.25, 0.3) is 0 Å². The number of hydrogen-bond donors (Lipinski definition) is 0. The van der Waals surface area contributed by atoms with Crippen LogP contribution >= 0.6 is 0 Å². The van der Waals surface area contributed by atoms with E-state index in [-0.39, 0.29) is 0 Å². The highest BCUT2D eigenvalue weighted by molar-refractivity contribution is 6.50. The molecule has 0 spiro atoms. The van der Waals surface area contributed by atoms with E-state index < -0.39 is 21.8 Å². The Kier molecular flexibility index (Phi) is 13.4. The first-order valence-electron chi connectivity index (χ1n) is 7.91.